The van der Waals surface area contributed by atoms with E-state index in [0.29, 0.717) is 19.4 Å². The average Bonchev–Trinajstić information content (AvgIpc) is 2.76. The van der Waals surface area contributed by atoms with E-state index in [1.807, 2.05) is 52.0 Å². The van der Waals surface area contributed by atoms with Crippen LogP contribution in [0.3, 0.4) is 0 Å². The van der Waals surface area contributed by atoms with Crippen LogP contribution in [-0.4, -0.2) is 28.8 Å². The second kappa shape index (κ2) is 11.3. The number of carbonyl (C=O) groups excluding carboxylic acids is 2. The summed E-state index contributed by atoms with van der Waals surface area (Å²) < 4.78 is 0. The van der Waals surface area contributed by atoms with Crippen molar-refractivity contribution in [3.8, 4) is 0 Å². The molecule has 0 unspecified atom stereocenters. The van der Waals surface area contributed by atoms with E-state index < -0.39 is 6.04 Å². The van der Waals surface area contributed by atoms with Crippen molar-refractivity contribution in [2.75, 3.05) is 0 Å². The molecule has 0 aliphatic heterocycles. The molecular weight excluding hydrogens is 396 g/mol. The smallest absolute Gasteiger partial charge is 0.242 e. The molecule has 2 rings (SSSR count). The number of aryl methyl sites for hydroxylation is 2. The van der Waals surface area contributed by atoms with Crippen molar-refractivity contribution in [3.05, 3.63) is 70.8 Å². The Kier molecular flexibility index (Phi) is 9.06. The Hall–Kier alpha value is -2.62. The van der Waals surface area contributed by atoms with Gasteiger partial charge in [0.05, 0.1) is 0 Å². The minimum atomic E-state index is -0.527. The van der Waals surface area contributed by atoms with Crippen LogP contribution < -0.4 is 5.32 Å². The molecule has 4 heteroatoms. The fourth-order valence-corrected chi connectivity index (χ4v) is 3.50. The molecule has 2 amide bonds. The van der Waals surface area contributed by atoms with Gasteiger partial charge in [-0.3, -0.25) is 9.59 Å². The second-order valence-corrected chi connectivity index (χ2v) is 9.95. The number of hydrogen-bond acceptors (Lipinski definition) is 2. The first-order chi connectivity index (χ1) is 15.0. The van der Waals surface area contributed by atoms with Crippen LogP contribution in [0.5, 0.6) is 0 Å². The normalized spacial score (nSPS) is 13.3. The monoisotopic (exact) mass is 436 g/mol. The van der Waals surface area contributed by atoms with Gasteiger partial charge in [-0.1, -0.05) is 81.8 Å². The Labute approximate surface area is 194 Å². The third-order valence-corrected chi connectivity index (χ3v) is 6.09. The maximum Gasteiger partial charge on any atom is 0.242 e. The molecule has 0 heterocycles. The van der Waals surface area contributed by atoms with Gasteiger partial charge in [0.25, 0.3) is 0 Å². The predicted octanol–water partition coefficient (Wildman–Crippen LogP) is 5.56. The highest BCUT2D eigenvalue weighted by Gasteiger charge is 2.26. The van der Waals surface area contributed by atoms with E-state index in [2.05, 4.69) is 50.4 Å². The highest BCUT2D eigenvalue weighted by atomic mass is 16.2. The molecule has 2 aromatic rings. The molecule has 0 spiro atoms. The molecule has 2 aromatic carbocycles. The van der Waals surface area contributed by atoms with Crippen molar-refractivity contribution in [1.82, 2.24) is 10.2 Å². The SMILES string of the molecule is CC[C@@H](C)NC(=O)[C@@H](C)N(Cc1ccc(C)cc1)C(=O)CCc1ccc(C(C)(C)C)cc1. The van der Waals surface area contributed by atoms with Crippen molar-refractivity contribution >= 4 is 11.8 Å². The quantitative estimate of drug-likeness (QED) is 0.560. The molecule has 1 N–H and O–H groups in total. The third-order valence-electron chi connectivity index (χ3n) is 6.09. The van der Waals surface area contributed by atoms with E-state index in [4.69, 9.17) is 0 Å². The largest absolute Gasteiger partial charge is 0.352 e. The van der Waals surface area contributed by atoms with E-state index >= 15 is 0 Å². The fourth-order valence-electron chi connectivity index (χ4n) is 3.50. The van der Waals surface area contributed by atoms with E-state index in [-0.39, 0.29) is 23.3 Å². The summed E-state index contributed by atoms with van der Waals surface area (Å²) in [5.74, 6) is -0.105. The van der Waals surface area contributed by atoms with E-state index in [1.165, 1.54) is 11.1 Å². The molecule has 4 nitrogen and oxygen atoms in total. The van der Waals surface area contributed by atoms with Gasteiger partial charge in [0.2, 0.25) is 11.8 Å². The maximum absolute atomic E-state index is 13.3. The molecule has 174 valence electrons. The highest BCUT2D eigenvalue weighted by Crippen LogP contribution is 2.22. The van der Waals surface area contributed by atoms with Crippen LogP contribution in [0.4, 0.5) is 0 Å². The number of benzene rings is 2. The molecule has 0 aliphatic carbocycles. The van der Waals surface area contributed by atoms with Crippen molar-refractivity contribution in [3.63, 3.8) is 0 Å². The molecule has 0 aromatic heterocycles. The van der Waals surface area contributed by atoms with Crippen molar-refractivity contribution in [1.29, 1.82) is 0 Å². The molecule has 0 fully saturated rings. The first kappa shape index (κ1) is 25.6. The molecule has 0 bridgehead atoms. The summed E-state index contributed by atoms with van der Waals surface area (Å²) in [6, 6.07) is 16.2. The van der Waals surface area contributed by atoms with Crippen molar-refractivity contribution < 1.29 is 9.59 Å². The Morgan fingerprint density at radius 3 is 2.03 bits per heavy atom. The first-order valence-corrected chi connectivity index (χ1v) is 11.8. The third kappa shape index (κ3) is 7.51. The molecule has 0 aliphatic rings. The lowest BCUT2D eigenvalue weighted by atomic mass is 9.86. The molecular formula is C28H40N2O2. The molecule has 2 atom stereocenters. The van der Waals surface area contributed by atoms with E-state index in [9.17, 15) is 9.59 Å². The van der Waals surface area contributed by atoms with Gasteiger partial charge in [0, 0.05) is 19.0 Å². The van der Waals surface area contributed by atoms with Crippen molar-refractivity contribution in [2.45, 2.75) is 91.8 Å². The number of nitrogens with one attached hydrogen (secondary N) is 1. The van der Waals surface area contributed by atoms with Crippen LogP contribution in [0.1, 0.15) is 76.6 Å². The minimum Gasteiger partial charge on any atom is -0.352 e. The number of carbonyl (C=O) groups is 2. The summed E-state index contributed by atoms with van der Waals surface area (Å²) in [6.45, 7) is 14.9. The Morgan fingerprint density at radius 1 is 0.938 bits per heavy atom. The van der Waals surface area contributed by atoms with Gasteiger partial charge in [0.15, 0.2) is 0 Å². The Morgan fingerprint density at radius 2 is 1.50 bits per heavy atom. The summed E-state index contributed by atoms with van der Waals surface area (Å²) >= 11 is 0. The van der Waals surface area contributed by atoms with Gasteiger partial charge < -0.3 is 10.2 Å². The van der Waals surface area contributed by atoms with Gasteiger partial charge in [-0.15, -0.1) is 0 Å². The second-order valence-electron chi connectivity index (χ2n) is 9.95. The lowest BCUT2D eigenvalue weighted by Crippen LogP contribution is -2.49. The van der Waals surface area contributed by atoms with Crippen LogP contribution in [0.15, 0.2) is 48.5 Å². The zero-order valence-corrected chi connectivity index (χ0v) is 20.9. The van der Waals surface area contributed by atoms with Gasteiger partial charge in [0.1, 0.15) is 6.04 Å². The van der Waals surface area contributed by atoms with Crippen LogP contribution in [0, 0.1) is 6.92 Å². The average molecular weight is 437 g/mol. The van der Waals surface area contributed by atoms with Crippen LogP contribution in [0.25, 0.3) is 0 Å². The zero-order valence-electron chi connectivity index (χ0n) is 20.9. The van der Waals surface area contributed by atoms with E-state index in [0.717, 1.165) is 17.5 Å². The highest BCUT2D eigenvalue weighted by molar-refractivity contribution is 5.87. The van der Waals surface area contributed by atoms with Crippen molar-refractivity contribution in [2.24, 2.45) is 0 Å². The van der Waals surface area contributed by atoms with Gasteiger partial charge in [-0.05, 0) is 55.7 Å². The molecule has 0 saturated heterocycles. The summed E-state index contributed by atoms with van der Waals surface area (Å²) in [5, 5.41) is 3.02. The topological polar surface area (TPSA) is 49.4 Å². The summed E-state index contributed by atoms with van der Waals surface area (Å²) in [7, 11) is 0. The number of hydrogen-bond donors (Lipinski definition) is 1. The molecule has 0 saturated carbocycles. The lowest BCUT2D eigenvalue weighted by Gasteiger charge is -2.30. The van der Waals surface area contributed by atoms with Gasteiger partial charge in [-0.25, -0.2) is 0 Å². The first-order valence-electron chi connectivity index (χ1n) is 11.8. The maximum atomic E-state index is 13.3. The van der Waals surface area contributed by atoms with Crippen LogP contribution in [-0.2, 0) is 28.0 Å². The number of amides is 2. The van der Waals surface area contributed by atoms with Gasteiger partial charge >= 0.3 is 0 Å². The summed E-state index contributed by atoms with van der Waals surface area (Å²) in [6.07, 6.45) is 1.89. The fraction of sp³-hybridized carbons (Fsp3) is 0.500. The molecule has 0 radical (unpaired) electrons. The number of nitrogens with zero attached hydrogens (tertiary/aromatic N) is 1. The van der Waals surface area contributed by atoms with Gasteiger partial charge in [-0.2, -0.15) is 0 Å². The van der Waals surface area contributed by atoms with E-state index in [1.54, 1.807) is 4.90 Å². The summed E-state index contributed by atoms with van der Waals surface area (Å²) in [5.41, 5.74) is 4.73. The minimum absolute atomic E-state index is 0.00252. The standard InChI is InChI=1S/C28H40N2O2/c1-8-21(3)29-27(32)22(4)30(19-24-11-9-20(2)10-12-24)26(31)18-15-23-13-16-25(17-14-23)28(5,6)7/h9-14,16-17,21-22H,8,15,18-19H2,1-7H3,(H,29,32)/t21-,22-/m1/s1. The Balaban J connectivity index is 2.13. The lowest BCUT2D eigenvalue weighted by molar-refractivity contribution is -0.140. The van der Waals surface area contributed by atoms with Crippen LogP contribution >= 0.6 is 0 Å². The number of rotatable bonds is 9. The molecule has 32 heavy (non-hydrogen) atoms. The predicted molar refractivity (Wildman–Crippen MR) is 133 cm³/mol. The van der Waals surface area contributed by atoms with Crippen LogP contribution in [0.2, 0.25) is 0 Å². The zero-order chi connectivity index (χ0) is 23.9. The Bertz CT molecular complexity index is 879. The summed E-state index contributed by atoms with van der Waals surface area (Å²) in [4.78, 5) is 27.8.